The van der Waals surface area contributed by atoms with Crippen LogP contribution in [0.15, 0.2) is 12.7 Å². The Labute approximate surface area is 63.8 Å². The van der Waals surface area contributed by atoms with Crippen LogP contribution in [0.5, 0.6) is 0 Å². The van der Waals surface area contributed by atoms with Crippen LogP contribution in [0.4, 0.5) is 0 Å². The first kappa shape index (κ1) is 9.70. The van der Waals surface area contributed by atoms with Gasteiger partial charge in [-0.15, -0.1) is 6.58 Å². The predicted molar refractivity (Wildman–Crippen MR) is 44.8 cm³/mol. The Morgan fingerprint density at radius 2 is 1.80 bits per heavy atom. The summed E-state index contributed by atoms with van der Waals surface area (Å²) in [4.78, 5) is 0. The van der Waals surface area contributed by atoms with Crippen LogP contribution in [0.1, 0.15) is 27.7 Å². The first-order valence-corrected chi connectivity index (χ1v) is 3.77. The second-order valence-corrected chi connectivity index (χ2v) is 3.40. The highest BCUT2D eigenvalue weighted by Crippen LogP contribution is 2.25. The van der Waals surface area contributed by atoms with Crippen molar-refractivity contribution in [3.05, 3.63) is 12.7 Å². The number of rotatable bonds is 3. The first-order chi connectivity index (χ1) is 4.42. The molecule has 0 aromatic carbocycles. The Balaban J connectivity index is 4.22. The maximum atomic E-state index is 9.79. The average molecular weight is 142 g/mol. The highest BCUT2D eigenvalue weighted by atomic mass is 16.3. The molecule has 0 aromatic rings. The molecule has 0 aliphatic heterocycles. The van der Waals surface area contributed by atoms with E-state index in [-0.39, 0.29) is 11.8 Å². The SMILES string of the molecule is C=C[C@H](C)[C@@](C)(O)C(C)C. The molecule has 0 aromatic heterocycles. The van der Waals surface area contributed by atoms with Crippen molar-refractivity contribution >= 4 is 0 Å². The minimum Gasteiger partial charge on any atom is -0.389 e. The number of hydrogen-bond donors (Lipinski definition) is 1. The van der Waals surface area contributed by atoms with Crippen LogP contribution in [0.25, 0.3) is 0 Å². The second kappa shape index (κ2) is 3.20. The molecule has 0 amide bonds. The van der Waals surface area contributed by atoms with E-state index < -0.39 is 5.60 Å². The van der Waals surface area contributed by atoms with E-state index in [0.717, 1.165) is 0 Å². The van der Waals surface area contributed by atoms with Gasteiger partial charge in [0.05, 0.1) is 5.60 Å². The van der Waals surface area contributed by atoms with Gasteiger partial charge in [0.15, 0.2) is 0 Å². The van der Waals surface area contributed by atoms with E-state index >= 15 is 0 Å². The van der Waals surface area contributed by atoms with Crippen LogP contribution in [-0.2, 0) is 0 Å². The van der Waals surface area contributed by atoms with Gasteiger partial charge in [0.2, 0.25) is 0 Å². The highest BCUT2D eigenvalue weighted by molar-refractivity contribution is 4.91. The van der Waals surface area contributed by atoms with Crippen LogP contribution < -0.4 is 0 Å². The van der Waals surface area contributed by atoms with Gasteiger partial charge in [-0.25, -0.2) is 0 Å². The standard InChI is InChI=1S/C9H18O/c1-6-8(4)9(5,10)7(2)3/h6-8,10H,1H2,2-5H3/t8-,9-/m0/s1. The van der Waals surface area contributed by atoms with E-state index in [1.807, 2.05) is 27.7 Å². The zero-order chi connectivity index (χ0) is 8.36. The van der Waals surface area contributed by atoms with E-state index in [4.69, 9.17) is 0 Å². The highest BCUT2D eigenvalue weighted by Gasteiger charge is 2.29. The van der Waals surface area contributed by atoms with Gasteiger partial charge in [-0.2, -0.15) is 0 Å². The Bertz CT molecular complexity index is 114. The monoisotopic (exact) mass is 142 g/mol. The zero-order valence-corrected chi connectivity index (χ0v) is 7.39. The van der Waals surface area contributed by atoms with E-state index in [1.165, 1.54) is 0 Å². The Hall–Kier alpha value is -0.300. The molecule has 0 rings (SSSR count). The van der Waals surface area contributed by atoms with Crippen molar-refractivity contribution in [2.75, 3.05) is 0 Å². The molecule has 0 unspecified atom stereocenters. The van der Waals surface area contributed by atoms with Crippen molar-refractivity contribution < 1.29 is 5.11 Å². The lowest BCUT2D eigenvalue weighted by Gasteiger charge is -2.32. The molecule has 0 saturated heterocycles. The van der Waals surface area contributed by atoms with Crippen LogP contribution >= 0.6 is 0 Å². The summed E-state index contributed by atoms with van der Waals surface area (Å²) in [6.45, 7) is 11.5. The molecule has 1 nitrogen and oxygen atoms in total. The minimum absolute atomic E-state index is 0.160. The molecular weight excluding hydrogens is 124 g/mol. The number of hydrogen-bond acceptors (Lipinski definition) is 1. The van der Waals surface area contributed by atoms with E-state index in [0.29, 0.717) is 0 Å². The summed E-state index contributed by atoms with van der Waals surface area (Å²) in [5, 5.41) is 9.79. The summed E-state index contributed by atoms with van der Waals surface area (Å²) in [5.74, 6) is 0.438. The van der Waals surface area contributed by atoms with Gasteiger partial charge < -0.3 is 5.11 Å². The Morgan fingerprint density at radius 3 is 1.90 bits per heavy atom. The van der Waals surface area contributed by atoms with E-state index in [2.05, 4.69) is 6.58 Å². The third-order valence-electron chi connectivity index (χ3n) is 2.44. The molecule has 10 heavy (non-hydrogen) atoms. The zero-order valence-electron chi connectivity index (χ0n) is 7.39. The van der Waals surface area contributed by atoms with Crippen LogP contribution in [0.2, 0.25) is 0 Å². The predicted octanol–water partition coefficient (Wildman–Crippen LogP) is 2.22. The van der Waals surface area contributed by atoms with Gasteiger partial charge in [0.25, 0.3) is 0 Å². The van der Waals surface area contributed by atoms with E-state index in [1.54, 1.807) is 6.08 Å². The van der Waals surface area contributed by atoms with Gasteiger partial charge in [0, 0.05) is 5.92 Å². The lowest BCUT2D eigenvalue weighted by Crippen LogP contribution is -2.37. The maximum absolute atomic E-state index is 9.79. The summed E-state index contributed by atoms with van der Waals surface area (Å²) in [5.41, 5.74) is -0.609. The van der Waals surface area contributed by atoms with Crippen molar-refractivity contribution in [2.45, 2.75) is 33.3 Å². The third kappa shape index (κ3) is 1.84. The number of aliphatic hydroxyl groups is 1. The summed E-state index contributed by atoms with van der Waals surface area (Å²) in [7, 11) is 0. The molecule has 1 N–H and O–H groups in total. The molecular formula is C9H18O. The Kier molecular flexibility index (Phi) is 3.10. The van der Waals surface area contributed by atoms with Gasteiger partial charge in [-0.1, -0.05) is 26.8 Å². The van der Waals surface area contributed by atoms with Crippen molar-refractivity contribution in [2.24, 2.45) is 11.8 Å². The molecule has 0 aliphatic rings. The first-order valence-electron chi connectivity index (χ1n) is 3.77. The van der Waals surface area contributed by atoms with Crippen LogP contribution in [0.3, 0.4) is 0 Å². The van der Waals surface area contributed by atoms with Crippen molar-refractivity contribution in [1.29, 1.82) is 0 Å². The fourth-order valence-electron chi connectivity index (χ4n) is 0.764. The summed E-state index contributed by atoms with van der Waals surface area (Å²) in [6.07, 6.45) is 1.79. The van der Waals surface area contributed by atoms with Gasteiger partial charge in [-0.3, -0.25) is 0 Å². The van der Waals surface area contributed by atoms with Crippen molar-refractivity contribution in [1.82, 2.24) is 0 Å². The molecule has 2 atom stereocenters. The van der Waals surface area contributed by atoms with Crippen molar-refractivity contribution in [3.63, 3.8) is 0 Å². The molecule has 0 bridgehead atoms. The Morgan fingerprint density at radius 1 is 1.40 bits per heavy atom. The minimum atomic E-state index is -0.609. The lowest BCUT2D eigenvalue weighted by molar-refractivity contribution is -0.0190. The molecule has 0 aliphatic carbocycles. The summed E-state index contributed by atoms with van der Waals surface area (Å²) in [6, 6.07) is 0. The summed E-state index contributed by atoms with van der Waals surface area (Å²) >= 11 is 0. The van der Waals surface area contributed by atoms with Crippen molar-refractivity contribution in [3.8, 4) is 0 Å². The average Bonchev–Trinajstić information content (AvgIpc) is 1.86. The molecule has 0 radical (unpaired) electrons. The summed E-state index contributed by atoms with van der Waals surface area (Å²) < 4.78 is 0. The normalized spacial score (nSPS) is 20.2. The topological polar surface area (TPSA) is 20.2 Å². The molecule has 1 heteroatoms. The largest absolute Gasteiger partial charge is 0.389 e. The molecule has 0 heterocycles. The fraction of sp³-hybridized carbons (Fsp3) is 0.778. The molecule has 0 spiro atoms. The van der Waals surface area contributed by atoms with Gasteiger partial charge >= 0.3 is 0 Å². The quantitative estimate of drug-likeness (QED) is 0.599. The third-order valence-corrected chi connectivity index (χ3v) is 2.44. The molecule has 0 saturated carbocycles. The fourth-order valence-corrected chi connectivity index (χ4v) is 0.764. The molecule has 0 fully saturated rings. The lowest BCUT2D eigenvalue weighted by atomic mass is 9.81. The maximum Gasteiger partial charge on any atom is 0.0702 e. The van der Waals surface area contributed by atoms with Gasteiger partial charge in [-0.05, 0) is 12.8 Å². The van der Waals surface area contributed by atoms with E-state index in [9.17, 15) is 5.11 Å². The van der Waals surface area contributed by atoms with Gasteiger partial charge in [0.1, 0.15) is 0 Å². The smallest absolute Gasteiger partial charge is 0.0702 e. The second-order valence-electron chi connectivity index (χ2n) is 3.40. The van der Waals surface area contributed by atoms with Crippen LogP contribution in [0, 0.1) is 11.8 Å². The van der Waals surface area contributed by atoms with Crippen LogP contribution in [-0.4, -0.2) is 10.7 Å². The molecule has 60 valence electrons.